The van der Waals surface area contributed by atoms with Crippen LogP contribution in [0.25, 0.3) is 0 Å². The van der Waals surface area contributed by atoms with Gasteiger partial charge >= 0.3 is 0 Å². The van der Waals surface area contributed by atoms with Crippen molar-refractivity contribution in [3.05, 3.63) is 28.8 Å². The van der Waals surface area contributed by atoms with E-state index in [1.54, 1.807) is 18.2 Å². The first kappa shape index (κ1) is 11.4. The van der Waals surface area contributed by atoms with Crippen LogP contribution in [0, 0.1) is 0 Å². The minimum absolute atomic E-state index is 0.0278. The SMILES string of the molecule is CC(C)SC(=O)c1cc(Cl)ccc1N. The summed E-state index contributed by atoms with van der Waals surface area (Å²) in [7, 11) is 0. The highest BCUT2D eigenvalue weighted by molar-refractivity contribution is 8.14. The first-order valence-electron chi connectivity index (χ1n) is 4.26. The highest BCUT2D eigenvalue weighted by atomic mass is 35.5. The van der Waals surface area contributed by atoms with Gasteiger partial charge in [0.15, 0.2) is 0 Å². The van der Waals surface area contributed by atoms with Gasteiger partial charge in [0, 0.05) is 16.0 Å². The molecule has 0 aliphatic heterocycles. The van der Waals surface area contributed by atoms with Gasteiger partial charge in [-0.15, -0.1) is 0 Å². The largest absolute Gasteiger partial charge is 0.398 e. The van der Waals surface area contributed by atoms with E-state index in [0.29, 0.717) is 16.3 Å². The monoisotopic (exact) mass is 229 g/mol. The number of anilines is 1. The molecule has 0 aliphatic rings. The zero-order valence-corrected chi connectivity index (χ0v) is 9.65. The van der Waals surface area contributed by atoms with Crippen LogP contribution in [0.2, 0.25) is 5.02 Å². The molecule has 0 bridgehead atoms. The smallest absolute Gasteiger partial charge is 0.221 e. The lowest BCUT2D eigenvalue weighted by molar-refractivity contribution is 0.108. The Balaban J connectivity index is 2.94. The average Bonchev–Trinajstić information content (AvgIpc) is 2.08. The topological polar surface area (TPSA) is 43.1 Å². The zero-order valence-electron chi connectivity index (χ0n) is 8.08. The van der Waals surface area contributed by atoms with Crippen molar-refractivity contribution in [2.45, 2.75) is 19.1 Å². The number of carbonyl (C=O) groups excluding carboxylic acids is 1. The van der Waals surface area contributed by atoms with Gasteiger partial charge in [0.1, 0.15) is 0 Å². The summed E-state index contributed by atoms with van der Waals surface area (Å²) in [6.45, 7) is 3.92. The summed E-state index contributed by atoms with van der Waals surface area (Å²) in [4.78, 5) is 11.7. The number of benzene rings is 1. The average molecular weight is 230 g/mol. The second-order valence-electron chi connectivity index (χ2n) is 3.19. The molecule has 4 heteroatoms. The molecule has 0 amide bonds. The van der Waals surface area contributed by atoms with Gasteiger partial charge in [-0.25, -0.2) is 0 Å². The highest BCUT2D eigenvalue weighted by Gasteiger charge is 2.12. The summed E-state index contributed by atoms with van der Waals surface area (Å²) in [5, 5.41) is 0.757. The van der Waals surface area contributed by atoms with Crippen molar-refractivity contribution in [3.8, 4) is 0 Å². The molecule has 0 unspecified atom stereocenters. The third-order valence-electron chi connectivity index (χ3n) is 1.58. The number of carbonyl (C=O) groups is 1. The van der Waals surface area contributed by atoms with E-state index in [-0.39, 0.29) is 10.4 Å². The third-order valence-corrected chi connectivity index (χ3v) is 2.72. The van der Waals surface area contributed by atoms with E-state index in [4.69, 9.17) is 17.3 Å². The molecular weight excluding hydrogens is 218 g/mol. The standard InChI is InChI=1S/C10H12ClNOS/c1-6(2)14-10(13)8-5-7(11)3-4-9(8)12/h3-6H,12H2,1-2H3. The van der Waals surface area contributed by atoms with Crippen LogP contribution in [0.1, 0.15) is 24.2 Å². The fourth-order valence-corrected chi connectivity index (χ4v) is 1.89. The number of nitrogen functional groups attached to an aromatic ring is 1. The molecule has 14 heavy (non-hydrogen) atoms. The van der Waals surface area contributed by atoms with Crippen molar-refractivity contribution < 1.29 is 4.79 Å². The van der Waals surface area contributed by atoms with Crippen molar-refractivity contribution in [2.24, 2.45) is 0 Å². The Morgan fingerprint density at radius 2 is 2.14 bits per heavy atom. The maximum absolute atomic E-state index is 11.7. The first-order valence-corrected chi connectivity index (χ1v) is 5.52. The molecule has 0 saturated carbocycles. The second kappa shape index (κ2) is 4.71. The van der Waals surface area contributed by atoms with Crippen molar-refractivity contribution in [2.75, 3.05) is 5.73 Å². The first-order chi connectivity index (χ1) is 6.50. The fourth-order valence-electron chi connectivity index (χ4n) is 0.983. The summed E-state index contributed by atoms with van der Waals surface area (Å²) in [5.74, 6) is 0. The summed E-state index contributed by atoms with van der Waals surface area (Å²) >= 11 is 7.03. The fraction of sp³-hybridized carbons (Fsp3) is 0.300. The van der Waals surface area contributed by atoms with E-state index in [1.807, 2.05) is 13.8 Å². The van der Waals surface area contributed by atoms with E-state index < -0.39 is 0 Å². The van der Waals surface area contributed by atoms with E-state index >= 15 is 0 Å². The van der Waals surface area contributed by atoms with Gasteiger partial charge in [-0.3, -0.25) is 4.79 Å². The van der Waals surface area contributed by atoms with Gasteiger partial charge < -0.3 is 5.73 Å². The highest BCUT2D eigenvalue weighted by Crippen LogP contribution is 2.24. The molecule has 1 rings (SSSR count). The van der Waals surface area contributed by atoms with Crippen LogP contribution in [-0.4, -0.2) is 10.4 Å². The zero-order chi connectivity index (χ0) is 10.7. The Hall–Kier alpha value is -0.670. The molecule has 76 valence electrons. The van der Waals surface area contributed by atoms with E-state index in [2.05, 4.69) is 0 Å². The Labute approximate surface area is 92.8 Å². The van der Waals surface area contributed by atoms with Crippen LogP contribution >= 0.6 is 23.4 Å². The minimum atomic E-state index is -0.0278. The maximum Gasteiger partial charge on any atom is 0.221 e. The number of hydrogen-bond acceptors (Lipinski definition) is 3. The summed E-state index contributed by atoms with van der Waals surface area (Å²) < 4.78 is 0. The molecule has 0 aromatic heterocycles. The Kier molecular flexibility index (Phi) is 3.84. The molecule has 2 N–H and O–H groups in total. The maximum atomic E-state index is 11.7. The predicted octanol–water partition coefficient (Wildman–Crippen LogP) is 3.20. The molecule has 0 atom stereocenters. The van der Waals surface area contributed by atoms with Crippen LogP contribution in [0.4, 0.5) is 5.69 Å². The van der Waals surface area contributed by atoms with Crippen LogP contribution in [0.5, 0.6) is 0 Å². The van der Waals surface area contributed by atoms with Crippen LogP contribution in [0.3, 0.4) is 0 Å². The number of thioether (sulfide) groups is 1. The van der Waals surface area contributed by atoms with Crippen LogP contribution in [-0.2, 0) is 0 Å². The Morgan fingerprint density at radius 3 is 2.71 bits per heavy atom. The molecular formula is C10H12ClNOS. The van der Waals surface area contributed by atoms with Gasteiger partial charge in [0.2, 0.25) is 5.12 Å². The van der Waals surface area contributed by atoms with Gasteiger partial charge in [0.25, 0.3) is 0 Å². The lowest BCUT2D eigenvalue weighted by Crippen LogP contribution is -2.03. The van der Waals surface area contributed by atoms with Crippen molar-refractivity contribution in [1.29, 1.82) is 0 Å². The lowest BCUT2D eigenvalue weighted by atomic mass is 10.2. The third kappa shape index (κ3) is 2.93. The second-order valence-corrected chi connectivity index (χ2v) is 5.17. The van der Waals surface area contributed by atoms with Gasteiger partial charge in [-0.1, -0.05) is 37.2 Å². The van der Waals surface area contributed by atoms with E-state index in [0.717, 1.165) is 0 Å². The van der Waals surface area contributed by atoms with Gasteiger partial charge in [-0.05, 0) is 18.2 Å². The van der Waals surface area contributed by atoms with Gasteiger partial charge in [-0.2, -0.15) is 0 Å². The van der Waals surface area contributed by atoms with Crippen molar-refractivity contribution in [1.82, 2.24) is 0 Å². The molecule has 0 radical (unpaired) electrons. The normalized spacial score (nSPS) is 10.6. The molecule has 2 nitrogen and oxygen atoms in total. The van der Waals surface area contributed by atoms with Crippen LogP contribution < -0.4 is 5.73 Å². The van der Waals surface area contributed by atoms with Crippen molar-refractivity contribution in [3.63, 3.8) is 0 Å². The molecule has 1 aromatic rings. The van der Waals surface area contributed by atoms with Crippen LogP contribution in [0.15, 0.2) is 18.2 Å². The van der Waals surface area contributed by atoms with Gasteiger partial charge in [0.05, 0.1) is 5.56 Å². The number of hydrogen-bond donors (Lipinski definition) is 1. The van der Waals surface area contributed by atoms with Crippen molar-refractivity contribution >= 4 is 34.2 Å². The van der Waals surface area contributed by atoms with E-state index in [1.165, 1.54) is 11.8 Å². The number of halogens is 1. The lowest BCUT2D eigenvalue weighted by Gasteiger charge is -2.06. The molecule has 0 fully saturated rings. The van der Waals surface area contributed by atoms with E-state index in [9.17, 15) is 4.79 Å². The number of nitrogens with two attached hydrogens (primary N) is 1. The Morgan fingerprint density at radius 1 is 1.50 bits per heavy atom. The molecule has 1 aromatic carbocycles. The predicted molar refractivity (Wildman–Crippen MR) is 62.9 cm³/mol. The molecule has 0 aliphatic carbocycles. The number of rotatable bonds is 2. The minimum Gasteiger partial charge on any atom is -0.398 e. The molecule has 0 saturated heterocycles. The summed E-state index contributed by atoms with van der Waals surface area (Å²) in [5.41, 5.74) is 6.65. The molecule has 0 spiro atoms. The summed E-state index contributed by atoms with van der Waals surface area (Å²) in [6.07, 6.45) is 0. The summed E-state index contributed by atoms with van der Waals surface area (Å²) in [6, 6.07) is 4.93. The molecule has 0 heterocycles. The quantitative estimate of drug-likeness (QED) is 0.792. The Bertz CT molecular complexity index is 352.